The molecule has 0 radical (unpaired) electrons. The van der Waals surface area contributed by atoms with E-state index in [0.717, 1.165) is 29.8 Å². The number of rotatable bonds is 8. The van der Waals surface area contributed by atoms with E-state index in [0.29, 0.717) is 16.4 Å². The summed E-state index contributed by atoms with van der Waals surface area (Å²) in [6, 6.07) is 27.0. The van der Waals surface area contributed by atoms with Crippen LogP contribution in [0.2, 0.25) is 5.02 Å². The lowest BCUT2D eigenvalue weighted by Crippen LogP contribution is -2.34. The Labute approximate surface area is 199 Å². The molecule has 0 aliphatic heterocycles. The van der Waals surface area contributed by atoms with E-state index in [9.17, 15) is 4.79 Å². The summed E-state index contributed by atoms with van der Waals surface area (Å²) in [6.07, 6.45) is 1.73. The number of aryl methyl sites for hydroxylation is 1. The fraction of sp³-hybridized carbons (Fsp3) is 0.185. The Balaban J connectivity index is 1.61. The Morgan fingerprint density at radius 3 is 2.58 bits per heavy atom. The highest BCUT2D eigenvalue weighted by atomic mass is 35.5. The Hall–Kier alpha value is -3.57. The van der Waals surface area contributed by atoms with Crippen LogP contribution in [0.3, 0.4) is 0 Å². The summed E-state index contributed by atoms with van der Waals surface area (Å²) < 4.78 is 6.98. The van der Waals surface area contributed by atoms with Crippen molar-refractivity contribution in [2.45, 2.75) is 25.8 Å². The van der Waals surface area contributed by atoms with Crippen LogP contribution in [0, 0.1) is 0 Å². The van der Waals surface area contributed by atoms with E-state index in [4.69, 9.17) is 21.4 Å². The molecule has 0 saturated carbocycles. The number of carbonyl (C=O) groups is 1. The molecule has 168 valence electrons. The molecule has 1 N–H and O–H groups in total. The topological polar surface area (TPSA) is 56.1 Å². The number of nitrogens with one attached hydrogen (secondary N) is 1. The molecule has 0 bridgehead atoms. The lowest BCUT2D eigenvalue weighted by molar-refractivity contribution is 0.0930. The number of amides is 1. The number of hydrogen-bond acceptors (Lipinski definition) is 3. The van der Waals surface area contributed by atoms with Crippen LogP contribution >= 0.6 is 11.6 Å². The normalized spacial score (nSPS) is 11.7. The molecule has 5 nitrogen and oxygen atoms in total. The van der Waals surface area contributed by atoms with Gasteiger partial charge in [-0.2, -0.15) is 5.10 Å². The maximum absolute atomic E-state index is 13.3. The summed E-state index contributed by atoms with van der Waals surface area (Å²) in [7, 11) is 1.62. The van der Waals surface area contributed by atoms with Gasteiger partial charge in [-0.15, -0.1) is 0 Å². The predicted octanol–water partition coefficient (Wildman–Crippen LogP) is 5.95. The van der Waals surface area contributed by atoms with Gasteiger partial charge in [0.25, 0.3) is 5.91 Å². The van der Waals surface area contributed by atoms with Gasteiger partial charge < -0.3 is 10.1 Å². The molecule has 4 aromatic rings. The van der Waals surface area contributed by atoms with Crippen molar-refractivity contribution in [1.29, 1.82) is 0 Å². The third-order valence-electron chi connectivity index (χ3n) is 5.45. The third kappa shape index (κ3) is 5.62. The van der Waals surface area contributed by atoms with Gasteiger partial charge >= 0.3 is 0 Å². The standard InChI is InChI=1S/C27H26ClN3O2/c1-19(14-15-20-8-4-3-5-9-20)29-27(32)26-18-25(21-10-6-13-24(16-21)33-2)30-31(26)23-12-7-11-22(28)17-23/h3-13,16-19H,14-15H2,1-2H3,(H,29,32). The first-order valence-electron chi connectivity index (χ1n) is 10.9. The van der Waals surface area contributed by atoms with Crippen LogP contribution in [0.1, 0.15) is 29.4 Å². The summed E-state index contributed by atoms with van der Waals surface area (Å²) in [5.41, 5.74) is 3.96. The highest BCUT2D eigenvalue weighted by Crippen LogP contribution is 2.26. The van der Waals surface area contributed by atoms with Crippen LogP contribution in [0.15, 0.2) is 84.9 Å². The van der Waals surface area contributed by atoms with Crippen molar-refractivity contribution in [3.05, 3.63) is 101 Å². The van der Waals surface area contributed by atoms with Gasteiger partial charge in [-0.25, -0.2) is 4.68 Å². The zero-order valence-corrected chi connectivity index (χ0v) is 19.4. The number of carbonyl (C=O) groups excluding carboxylic acids is 1. The Morgan fingerprint density at radius 1 is 1.03 bits per heavy atom. The maximum Gasteiger partial charge on any atom is 0.270 e. The minimum absolute atomic E-state index is 0.000636. The summed E-state index contributed by atoms with van der Waals surface area (Å²) in [4.78, 5) is 13.3. The zero-order valence-electron chi connectivity index (χ0n) is 18.7. The molecule has 1 heterocycles. The second-order valence-electron chi connectivity index (χ2n) is 7.94. The van der Waals surface area contributed by atoms with E-state index >= 15 is 0 Å². The third-order valence-corrected chi connectivity index (χ3v) is 5.68. The van der Waals surface area contributed by atoms with Gasteiger partial charge in [0.2, 0.25) is 0 Å². The number of nitrogens with zero attached hydrogens (tertiary/aromatic N) is 2. The summed E-state index contributed by atoms with van der Waals surface area (Å²) in [6.45, 7) is 2.02. The first kappa shape index (κ1) is 22.6. The molecule has 0 aliphatic carbocycles. The average molecular weight is 460 g/mol. The lowest BCUT2D eigenvalue weighted by Gasteiger charge is -2.15. The number of halogens is 1. The molecular weight excluding hydrogens is 434 g/mol. The lowest BCUT2D eigenvalue weighted by atomic mass is 10.1. The van der Waals surface area contributed by atoms with Crippen LogP contribution in [0.5, 0.6) is 5.75 Å². The number of ether oxygens (including phenoxy) is 1. The average Bonchev–Trinajstić information content (AvgIpc) is 3.29. The monoisotopic (exact) mass is 459 g/mol. The van der Waals surface area contributed by atoms with Crippen LogP contribution < -0.4 is 10.1 Å². The van der Waals surface area contributed by atoms with E-state index in [1.807, 2.05) is 61.5 Å². The molecule has 1 aromatic heterocycles. The first-order chi connectivity index (χ1) is 16.0. The Kier molecular flexibility index (Phi) is 7.10. The predicted molar refractivity (Wildman–Crippen MR) is 132 cm³/mol. The van der Waals surface area contributed by atoms with E-state index < -0.39 is 0 Å². The highest BCUT2D eigenvalue weighted by molar-refractivity contribution is 6.30. The van der Waals surface area contributed by atoms with E-state index in [1.54, 1.807) is 30.0 Å². The van der Waals surface area contributed by atoms with Crippen molar-refractivity contribution < 1.29 is 9.53 Å². The van der Waals surface area contributed by atoms with Gasteiger partial charge in [0.1, 0.15) is 11.4 Å². The minimum Gasteiger partial charge on any atom is -0.497 e. The van der Waals surface area contributed by atoms with Gasteiger partial charge in [-0.3, -0.25) is 4.79 Å². The summed E-state index contributed by atoms with van der Waals surface area (Å²) in [5, 5.41) is 8.43. The second-order valence-corrected chi connectivity index (χ2v) is 8.37. The molecule has 3 aromatic carbocycles. The number of benzene rings is 3. The highest BCUT2D eigenvalue weighted by Gasteiger charge is 2.19. The van der Waals surface area contributed by atoms with Gasteiger partial charge in [0, 0.05) is 16.6 Å². The first-order valence-corrected chi connectivity index (χ1v) is 11.3. The summed E-state index contributed by atoms with van der Waals surface area (Å²) >= 11 is 6.22. The smallest absolute Gasteiger partial charge is 0.270 e. The number of aromatic nitrogens is 2. The van der Waals surface area contributed by atoms with Crippen molar-refractivity contribution in [1.82, 2.24) is 15.1 Å². The maximum atomic E-state index is 13.3. The van der Waals surface area contributed by atoms with Crippen LogP contribution in [-0.4, -0.2) is 28.8 Å². The Morgan fingerprint density at radius 2 is 1.82 bits per heavy atom. The van der Waals surface area contributed by atoms with Crippen LogP contribution in [0.4, 0.5) is 0 Å². The van der Waals surface area contributed by atoms with Crippen molar-refractivity contribution >= 4 is 17.5 Å². The molecule has 0 aliphatic rings. The minimum atomic E-state index is -0.183. The molecule has 0 spiro atoms. The fourth-order valence-corrected chi connectivity index (χ4v) is 3.85. The second kappa shape index (κ2) is 10.4. The fourth-order valence-electron chi connectivity index (χ4n) is 3.67. The van der Waals surface area contributed by atoms with Crippen LogP contribution in [-0.2, 0) is 6.42 Å². The molecule has 0 saturated heterocycles. The van der Waals surface area contributed by atoms with Gasteiger partial charge in [-0.05, 0) is 61.7 Å². The molecule has 4 rings (SSSR count). The van der Waals surface area contributed by atoms with E-state index in [-0.39, 0.29) is 11.9 Å². The quantitative estimate of drug-likeness (QED) is 0.354. The van der Waals surface area contributed by atoms with Crippen molar-refractivity contribution in [2.75, 3.05) is 7.11 Å². The SMILES string of the molecule is COc1cccc(-c2cc(C(=O)NC(C)CCc3ccccc3)n(-c3cccc(Cl)c3)n2)c1. The van der Waals surface area contributed by atoms with E-state index in [2.05, 4.69) is 17.4 Å². The van der Waals surface area contributed by atoms with E-state index in [1.165, 1.54) is 5.56 Å². The van der Waals surface area contributed by atoms with Crippen molar-refractivity contribution in [2.24, 2.45) is 0 Å². The molecule has 1 unspecified atom stereocenters. The van der Waals surface area contributed by atoms with Crippen molar-refractivity contribution in [3.8, 4) is 22.7 Å². The van der Waals surface area contributed by atoms with Crippen molar-refractivity contribution in [3.63, 3.8) is 0 Å². The molecular formula is C27H26ClN3O2. The Bertz CT molecular complexity index is 1240. The molecule has 1 amide bonds. The molecule has 0 fully saturated rings. The van der Waals surface area contributed by atoms with Gasteiger partial charge in [-0.1, -0.05) is 60.1 Å². The summed E-state index contributed by atoms with van der Waals surface area (Å²) in [5.74, 6) is 0.544. The van der Waals surface area contributed by atoms with Crippen LogP contribution in [0.25, 0.3) is 16.9 Å². The van der Waals surface area contributed by atoms with Gasteiger partial charge in [0.05, 0.1) is 18.5 Å². The zero-order chi connectivity index (χ0) is 23.2. The molecule has 1 atom stereocenters. The largest absolute Gasteiger partial charge is 0.497 e. The molecule has 33 heavy (non-hydrogen) atoms. The van der Waals surface area contributed by atoms with Gasteiger partial charge in [0.15, 0.2) is 0 Å². The number of methoxy groups -OCH3 is 1. The molecule has 6 heteroatoms. The number of hydrogen-bond donors (Lipinski definition) is 1.